The Labute approximate surface area is 117 Å². The molecule has 2 aromatic rings. The van der Waals surface area contributed by atoms with Crippen LogP contribution in [0.5, 0.6) is 0 Å². The predicted octanol–water partition coefficient (Wildman–Crippen LogP) is 3.20. The zero-order chi connectivity index (χ0) is 14.5. The molecular formula is C15H17FN2O2. The molecule has 0 unspecified atom stereocenters. The summed E-state index contributed by atoms with van der Waals surface area (Å²) in [6.45, 7) is 4.10. The first kappa shape index (κ1) is 14.2. The summed E-state index contributed by atoms with van der Waals surface area (Å²) < 4.78 is 20.5. The first-order valence-electron chi connectivity index (χ1n) is 6.58. The molecule has 20 heavy (non-hydrogen) atoms. The number of rotatable bonds is 5. The average Bonchev–Trinajstić information content (AvgIpc) is 2.94. The minimum absolute atomic E-state index is 0.304. The fourth-order valence-corrected chi connectivity index (χ4v) is 2.00. The van der Waals surface area contributed by atoms with E-state index in [2.05, 4.69) is 4.98 Å². The standard InChI is InChI=1S/C15H17FN2O2/c1-3-8-20-15(19)14-9-17-10-18(14)11(2)12-6-4-5-7-13(12)16/h4-7,9-11H,3,8H2,1-2H3/t11-/m1/s1. The Hall–Kier alpha value is -2.17. The lowest BCUT2D eigenvalue weighted by Gasteiger charge is -2.17. The van der Waals surface area contributed by atoms with E-state index in [-0.39, 0.29) is 11.9 Å². The molecule has 0 saturated carbocycles. The number of aromatic nitrogens is 2. The number of carbonyl (C=O) groups is 1. The van der Waals surface area contributed by atoms with Crippen molar-refractivity contribution < 1.29 is 13.9 Å². The van der Waals surface area contributed by atoms with Crippen molar-refractivity contribution in [2.24, 2.45) is 0 Å². The van der Waals surface area contributed by atoms with Crippen LogP contribution in [-0.4, -0.2) is 22.1 Å². The molecular weight excluding hydrogens is 259 g/mol. The molecule has 0 saturated heterocycles. The molecule has 106 valence electrons. The van der Waals surface area contributed by atoms with Crippen LogP contribution in [0, 0.1) is 5.82 Å². The Morgan fingerprint density at radius 1 is 1.45 bits per heavy atom. The van der Waals surface area contributed by atoms with Gasteiger partial charge in [0.05, 0.1) is 25.2 Å². The number of benzene rings is 1. The summed E-state index contributed by atoms with van der Waals surface area (Å²) in [5.74, 6) is -0.742. The minimum Gasteiger partial charge on any atom is -0.461 e. The molecule has 1 aromatic carbocycles. The molecule has 0 aliphatic carbocycles. The summed E-state index contributed by atoms with van der Waals surface area (Å²) in [6, 6.07) is 6.17. The van der Waals surface area contributed by atoms with Gasteiger partial charge in [-0.05, 0) is 19.4 Å². The molecule has 0 N–H and O–H groups in total. The molecule has 5 heteroatoms. The van der Waals surface area contributed by atoms with Gasteiger partial charge in [0, 0.05) is 5.56 Å². The maximum atomic E-state index is 13.8. The lowest BCUT2D eigenvalue weighted by atomic mass is 10.1. The van der Waals surface area contributed by atoms with Gasteiger partial charge in [-0.2, -0.15) is 0 Å². The Balaban J connectivity index is 2.28. The molecule has 2 rings (SSSR count). The monoisotopic (exact) mass is 276 g/mol. The van der Waals surface area contributed by atoms with Crippen LogP contribution in [0.15, 0.2) is 36.8 Å². The summed E-state index contributed by atoms with van der Waals surface area (Å²) in [5, 5.41) is 0. The molecule has 4 nitrogen and oxygen atoms in total. The van der Waals surface area contributed by atoms with Gasteiger partial charge in [0.2, 0.25) is 0 Å². The quantitative estimate of drug-likeness (QED) is 0.788. The van der Waals surface area contributed by atoms with Crippen molar-refractivity contribution >= 4 is 5.97 Å². The van der Waals surface area contributed by atoms with E-state index < -0.39 is 5.97 Å². The summed E-state index contributed by atoms with van der Waals surface area (Å²) in [4.78, 5) is 15.9. The summed E-state index contributed by atoms with van der Waals surface area (Å²) in [7, 11) is 0. The molecule has 1 heterocycles. The highest BCUT2D eigenvalue weighted by Gasteiger charge is 2.19. The van der Waals surface area contributed by atoms with Gasteiger partial charge >= 0.3 is 5.97 Å². The zero-order valence-corrected chi connectivity index (χ0v) is 11.5. The van der Waals surface area contributed by atoms with Gasteiger partial charge in [0.25, 0.3) is 0 Å². The van der Waals surface area contributed by atoms with Crippen molar-refractivity contribution in [3.05, 3.63) is 53.9 Å². The van der Waals surface area contributed by atoms with Gasteiger partial charge in [-0.25, -0.2) is 14.2 Å². The number of halogens is 1. The van der Waals surface area contributed by atoms with Crippen LogP contribution in [0.3, 0.4) is 0 Å². The van der Waals surface area contributed by atoms with Crippen LogP contribution in [0.2, 0.25) is 0 Å². The SMILES string of the molecule is CCCOC(=O)c1cncn1[C@H](C)c1ccccc1F. The normalized spacial score (nSPS) is 12.2. The summed E-state index contributed by atoms with van der Waals surface area (Å²) >= 11 is 0. The van der Waals surface area contributed by atoms with Crippen LogP contribution < -0.4 is 0 Å². The minimum atomic E-state index is -0.437. The third-order valence-electron chi connectivity index (χ3n) is 3.09. The lowest BCUT2D eigenvalue weighted by molar-refractivity contribution is 0.0491. The largest absolute Gasteiger partial charge is 0.461 e. The van der Waals surface area contributed by atoms with Crippen molar-refractivity contribution in [1.29, 1.82) is 0 Å². The van der Waals surface area contributed by atoms with Gasteiger partial charge in [-0.15, -0.1) is 0 Å². The fraction of sp³-hybridized carbons (Fsp3) is 0.333. The van der Waals surface area contributed by atoms with E-state index in [9.17, 15) is 9.18 Å². The van der Waals surface area contributed by atoms with E-state index in [0.29, 0.717) is 17.9 Å². The third kappa shape index (κ3) is 2.87. The van der Waals surface area contributed by atoms with Crippen LogP contribution >= 0.6 is 0 Å². The van der Waals surface area contributed by atoms with Crippen molar-refractivity contribution in [3.8, 4) is 0 Å². The second-order valence-electron chi connectivity index (χ2n) is 4.52. The summed E-state index contributed by atoms with van der Waals surface area (Å²) in [6.07, 6.45) is 3.71. The van der Waals surface area contributed by atoms with Crippen molar-refractivity contribution in [3.63, 3.8) is 0 Å². The van der Waals surface area contributed by atoms with Crippen LogP contribution in [0.25, 0.3) is 0 Å². The highest BCUT2D eigenvalue weighted by atomic mass is 19.1. The van der Waals surface area contributed by atoms with Gasteiger partial charge in [-0.1, -0.05) is 25.1 Å². The maximum absolute atomic E-state index is 13.8. The molecule has 0 fully saturated rings. The van der Waals surface area contributed by atoms with Gasteiger partial charge in [-0.3, -0.25) is 0 Å². The molecule has 1 aromatic heterocycles. The van der Waals surface area contributed by atoms with E-state index in [1.54, 1.807) is 22.8 Å². The van der Waals surface area contributed by atoms with Crippen molar-refractivity contribution in [1.82, 2.24) is 9.55 Å². The van der Waals surface area contributed by atoms with Crippen LogP contribution in [-0.2, 0) is 4.74 Å². The highest BCUT2D eigenvalue weighted by molar-refractivity contribution is 5.87. The number of esters is 1. The van der Waals surface area contributed by atoms with E-state index in [1.165, 1.54) is 18.6 Å². The average molecular weight is 276 g/mol. The third-order valence-corrected chi connectivity index (χ3v) is 3.09. The van der Waals surface area contributed by atoms with Crippen molar-refractivity contribution in [2.45, 2.75) is 26.3 Å². The molecule has 0 spiro atoms. The molecule has 0 aliphatic heterocycles. The van der Waals surface area contributed by atoms with Gasteiger partial charge in [0.1, 0.15) is 11.5 Å². The number of ether oxygens (including phenoxy) is 1. The number of imidazole rings is 1. The molecule has 0 radical (unpaired) electrons. The molecule has 0 amide bonds. The second kappa shape index (κ2) is 6.32. The molecule has 0 aliphatic rings. The number of nitrogens with zero attached hydrogens (tertiary/aromatic N) is 2. The van der Waals surface area contributed by atoms with Crippen molar-refractivity contribution in [2.75, 3.05) is 6.61 Å². The molecule has 1 atom stereocenters. The Morgan fingerprint density at radius 2 is 2.20 bits per heavy atom. The Bertz CT molecular complexity index is 595. The highest BCUT2D eigenvalue weighted by Crippen LogP contribution is 2.22. The van der Waals surface area contributed by atoms with Crippen LogP contribution in [0.1, 0.15) is 42.4 Å². The number of carbonyl (C=O) groups excluding carboxylic acids is 1. The first-order valence-corrected chi connectivity index (χ1v) is 6.58. The lowest BCUT2D eigenvalue weighted by Crippen LogP contribution is -2.16. The maximum Gasteiger partial charge on any atom is 0.356 e. The number of hydrogen-bond acceptors (Lipinski definition) is 3. The predicted molar refractivity (Wildman–Crippen MR) is 73.0 cm³/mol. The smallest absolute Gasteiger partial charge is 0.356 e. The topological polar surface area (TPSA) is 44.1 Å². The Morgan fingerprint density at radius 3 is 2.90 bits per heavy atom. The van der Waals surface area contributed by atoms with Crippen LogP contribution in [0.4, 0.5) is 4.39 Å². The molecule has 0 bridgehead atoms. The first-order chi connectivity index (χ1) is 9.65. The zero-order valence-electron chi connectivity index (χ0n) is 11.5. The summed E-state index contributed by atoms with van der Waals surface area (Å²) in [5.41, 5.74) is 0.837. The van der Waals surface area contributed by atoms with E-state index in [0.717, 1.165) is 6.42 Å². The van der Waals surface area contributed by atoms with E-state index >= 15 is 0 Å². The second-order valence-corrected chi connectivity index (χ2v) is 4.52. The number of hydrogen-bond donors (Lipinski definition) is 0. The van der Waals surface area contributed by atoms with Gasteiger partial charge in [0.15, 0.2) is 0 Å². The van der Waals surface area contributed by atoms with E-state index in [4.69, 9.17) is 4.74 Å². The Kier molecular flexibility index (Phi) is 4.50. The van der Waals surface area contributed by atoms with E-state index in [1.807, 2.05) is 13.8 Å². The fourth-order valence-electron chi connectivity index (χ4n) is 2.00. The van der Waals surface area contributed by atoms with Gasteiger partial charge < -0.3 is 9.30 Å².